The third-order valence-corrected chi connectivity index (χ3v) is 2.57. The van der Waals surface area contributed by atoms with E-state index in [0.29, 0.717) is 11.3 Å². The van der Waals surface area contributed by atoms with Gasteiger partial charge in [0.05, 0.1) is 11.8 Å². The van der Waals surface area contributed by atoms with Crippen LogP contribution in [0.2, 0.25) is 0 Å². The highest BCUT2D eigenvalue weighted by Gasteiger charge is 2.26. The number of carbonyl (C=O) groups is 1. The number of ether oxygens (including phenoxy) is 1. The average Bonchev–Trinajstić information content (AvgIpc) is 3.11. The zero-order chi connectivity index (χ0) is 11.5. The summed E-state index contributed by atoms with van der Waals surface area (Å²) in [6.45, 7) is 0. The summed E-state index contributed by atoms with van der Waals surface area (Å²) in [5.41, 5.74) is 1.37. The number of anilines is 1. The van der Waals surface area contributed by atoms with Crippen molar-refractivity contribution in [3.63, 3.8) is 0 Å². The molecule has 0 radical (unpaired) electrons. The van der Waals surface area contributed by atoms with Crippen LogP contribution in [-0.2, 0) is 0 Å². The summed E-state index contributed by atoms with van der Waals surface area (Å²) < 4.78 is 5.72. The molecule has 1 saturated carbocycles. The fraction of sp³-hybridized carbons (Fsp3) is 0.417. The molecule has 4 heteroatoms. The Kier molecular flexibility index (Phi) is 2.99. The Morgan fingerprint density at radius 2 is 2.12 bits per heavy atom. The first-order valence-corrected chi connectivity index (χ1v) is 5.45. The topological polar surface area (TPSA) is 50.4 Å². The van der Waals surface area contributed by atoms with Crippen molar-refractivity contribution in [2.45, 2.75) is 18.9 Å². The van der Waals surface area contributed by atoms with Crippen LogP contribution < -0.4 is 15.4 Å². The summed E-state index contributed by atoms with van der Waals surface area (Å²) in [5.74, 6) is 0.536. The van der Waals surface area contributed by atoms with Gasteiger partial charge in [-0.25, -0.2) is 0 Å². The summed E-state index contributed by atoms with van der Waals surface area (Å²) in [4.78, 5) is 11.8. The summed E-state index contributed by atoms with van der Waals surface area (Å²) in [6, 6.07) is 5.59. The molecule has 2 N–H and O–H groups in total. The molecule has 0 spiro atoms. The molecule has 0 unspecified atom stereocenters. The minimum absolute atomic E-state index is 0.124. The van der Waals surface area contributed by atoms with Gasteiger partial charge in [-0.1, -0.05) is 6.07 Å². The number of carbonyl (C=O) groups excluding carboxylic acids is 1. The van der Waals surface area contributed by atoms with E-state index >= 15 is 0 Å². The van der Waals surface area contributed by atoms with Gasteiger partial charge in [-0.3, -0.25) is 4.79 Å². The predicted molar refractivity (Wildman–Crippen MR) is 63.0 cm³/mol. The van der Waals surface area contributed by atoms with Gasteiger partial charge in [0.25, 0.3) is 5.91 Å². The number of nitrogens with one attached hydrogen (secondary N) is 2. The molecule has 1 aromatic carbocycles. The minimum Gasteiger partial charge on any atom is -0.490 e. The van der Waals surface area contributed by atoms with Gasteiger partial charge in [0.2, 0.25) is 0 Å². The van der Waals surface area contributed by atoms with Crippen molar-refractivity contribution >= 4 is 11.6 Å². The van der Waals surface area contributed by atoms with Crippen LogP contribution in [0.1, 0.15) is 23.2 Å². The van der Waals surface area contributed by atoms with Crippen LogP contribution >= 0.6 is 0 Å². The number of amides is 1. The smallest absolute Gasteiger partial charge is 0.256 e. The van der Waals surface area contributed by atoms with E-state index in [1.54, 1.807) is 14.1 Å². The molecule has 0 bridgehead atoms. The fourth-order valence-electron chi connectivity index (χ4n) is 1.56. The van der Waals surface area contributed by atoms with E-state index in [9.17, 15) is 4.79 Å². The number of benzene rings is 1. The first-order valence-electron chi connectivity index (χ1n) is 5.45. The first-order chi connectivity index (χ1) is 7.76. The molecule has 0 saturated heterocycles. The third kappa shape index (κ3) is 2.10. The van der Waals surface area contributed by atoms with Crippen molar-refractivity contribution in [1.29, 1.82) is 0 Å². The van der Waals surface area contributed by atoms with Gasteiger partial charge in [-0.15, -0.1) is 0 Å². The maximum atomic E-state index is 11.8. The van der Waals surface area contributed by atoms with Crippen LogP contribution in [0.5, 0.6) is 5.75 Å². The zero-order valence-electron chi connectivity index (χ0n) is 9.54. The van der Waals surface area contributed by atoms with Gasteiger partial charge in [-0.2, -0.15) is 0 Å². The van der Waals surface area contributed by atoms with Crippen LogP contribution in [0, 0.1) is 0 Å². The normalized spacial score (nSPS) is 14.4. The second kappa shape index (κ2) is 4.43. The van der Waals surface area contributed by atoms with Crippen LogP contribution in [0.4, 0.5) is 5.69 Å². The lowest BCUT2D eigenvalue weighted by Gasteiger charge is -2.13. The lowest BCUT2D eigenvalue weighted by atomic mass is 10.1. The van der Waals surface area contributed by atoms with Crippen LogP contribution in [0.15, 0.2) is 18.2 Å². The highest BCUT2D eigenvalue weighted by Crippen LogP contribution is 2.32. The molecule has 0 heterocycles. The van der Waals surface area contributed by atoms with Gasteiger partial charge < -0.3 is 15.4 Å². The fourth-order valence-corrected chi connectivity index (χ4v) is 1.56. The molecule has 1 aromatic rings. The van der Waals surface area contributed by atoms with Gasteiger partial charge in [0.1, 0.15) is 11.3 Å². The second-order valence-corrected chi connectivity index (χ2v) is 3.83. The van der Waals surface area contributed by atoms with E-state index in [2.05, 4.69) is 10.6 Å². The Bertz CT molecular complexity index is 400. The number of hydrogen-bond acceptors (Lipinski definition) is 3. The number of rotatable bonds is 4. The predicted octanol–water partition coefficient (Wildman–Crippen LogP) is 1.63. The molecule has 2 rings (SSSR count). The van der Waals surface area contributed by atoms with E-state index in [1.807, 2.05) is 18.2 Å². The average molecular weight is 220 g/mol. The maximum Gasteiger partial charge on any atom is 0.256 e. The van der Waals surface area contributed by atoms with Crippen LogP contribution in [-0.4, -0.2) is 26.1 Å². The molecule has 1 fully saturated rings. The molecule has 1 amide bonds. The SMILES string of the molecule is CNC(=O)c1c(NC)cccc1OC1CC1. The Balaban J connectivity index is 2.36. The van der Waals surface area contributed by atoms with E-state index in [1.165, 1.54) is 0 Å². The maximum absolute atomic E-state index is 11.8. The van der Waals surface area contributed by atoms with Crippen molar-refractivity contribution in [3.8, 4) is 5.75 Å². The highest BCUT2D eigenvalue weighted by molar-refractivity contribution is 6.02. The Morgan fingerprint density at radius 3 is 2.69 bits per heavy atom. The zero-order valence-corrected chi connectivity index (χ0v) is 9.54. The molecule has 16 heavy (non-hydrogen) atoms. The summed E-state index contributed by atoms with van der Waals surface area (Å²) in [6.07, 6.45) is 2.45. The van der Waals surface area contributed by atoms with E-state index in [4.69, 9.17) is 4.74 Å². The lowest BCUT2D eigenvalue weighted by Crippen LogP contribution is -2.20. The van der Waals surface area contributed by atoms with Gasteiger partial charge >= 0.3 is 0 Å². The third-order valence-electron chi connectivity index (χ3n) is 2.57. The van der Waals surface area contributed by atoms with Crippen LogP contribution in [0.3, 0.4) is 0 Å². The molecule has 1 aliphatic carbocycles. The Morgan fingerprint density at radius 1 is 1.38 bits per heavy atom. The first kappa shape index (κ1) is 10.8. The summed E-state index contributed by atoms with van der Waals surface area (Å²) in [7, 11) is 3.42. The Hall–Kier alpha value is -1.71. The molecule has 0 atom stereocenters. The van der Waals surface area contributed by atoms with E-state index in [-0.39, 0.29) is 12.0 Å². The molecule has 4 nitrogen and oxygen atoms in total. The molecule has 0 aromatic heterocycles. The minimum atomic E-state index is -0.124. The van der Waals surface area contributed by atoms with Gasteiger partial charge in [0.15, 0.2) is 0 Å². The second-order valence-electron chi connectivity index (χ2n) is 3.83. The molecule has 0 aliphatic heterocycles. The van der Waals surface area contributed by atoms with Crippen LogP contribution in [0.25, 0.3) is 0 Å². The van der Waals surface area contributed by atoms with Crippen molar-refractivity contribution < 1.29 is 9.53 Å². The molecular weight excluding hydrogens is 204 g/mol. The highest BCUT2D eigenvalue weighted by atomic mass is 16.5. The van der Waals surface area contributed by atoms with E-state index in [0.717, 1.165) is 18.5 Å². The summed E-state index contributed by atoms with van der Waals surface area (Å²) in [5, 5.41) is 5.64. The summed E-state index contributed by atoms with van der Waals surface area (Å²) >= 11 is 0. The molecule has 86 valence electrons. The lowest BCUT2D eigenvalue weighted by molar-refractivity contribution is 0.0959. The van der Waals surface area contributed by atoms with Crippen molar-refractivity contribution in [2.75, 3.05) is 19.4 Å². The van der Waals surface area contributed by atoms with Crippen molar-refractivity contribution in [2.24, 2.45) is 0 Å². The largest absolute Gasteiger partial charge is 0.490 e. The Labute approximate surface area is 95.0 Å². The van der Waals surface area contributed by atoms with E-state index < -0.39 is 0 Å². The monoisotopic (exact) mass is 220 g/mol. The van der Waals surface area contributed by atoms with Gasteiger partial charge in [0, 0.05) is 14.1 Å². The van der Waals surface area contributed by atoms with Crippen molar-refractivity contribution in [3.05, 3.63) is 23.8 Å². The van der Waals surface area contributed by atoms with Gasteiger partial charge in [-0.05, 0) is 25.0 Å². The molecule has 1 aliphatic rings. The standard InChI is InChI=1S/C12H16N2O2/c1-13-9-4-3-5-10(16-8-6-7-8)11(9)12(15)14-2/h3-5,8,13H,6-7H2,1-2H3,(H,14,15). The van der Waals surface area contributed by atoms with Crippen molar-refractivity contribution in [1.82, 2.24) is 5.32 Å². The quantitative estimate of drug-likeness (QED) is 0.810. The number of hydrogen-bond donors (Lipinski definition) is 2. The molecular formula is C12H16N2O2.